The highest BCUT2D eigenvalue weighted by Crippen LogP contribution is 2.26. The van der Waals surface area contributed by atoms with Crippen LogP contribution in [0, 0.1) is 11.6 Å². The molecule has 0 aliphatic carbocycles. The maximum atomic E-state index is 13.9. The number of hydrogen-bond acceptors (Lipinski definition) is 1. The molecule has 3 aromatic carbocycles. The van der Waals surface area contributed by atoms with Gasteiger partial charge >= 0.3 is 6.11 Å². The lowest BCUT2D eigenvalue weighted by atomic mass is 10.0. The van der Waals surface area contributed by atoms with Crippen LogP contribution in [-0.2, 0) is 6.42 Å². The van der Waals surface area contributed by atoms with E-state index in [1.165, 1.54) is 11.6 Å². The van der Waals surface area contributed by atoms with Crippen LogP contribution >= 0.6 is 0 Å². The molecule has 0 atom stereocenters. The fourth-order valence-electron chi connectivity index (χ4n) is 2.86. The molecule has 5 heteroatoms. The molecule has 0 fully saturated rings. The Morgan fingerprint density at radius 1 is 0.828 bits per heavy atom. The van der Waals surface area contributed by atoms with E-state index < -0.39 is 23.5 Å². The van der Waals surface area contributed by atoms with Crippen LogP contribution in [0.4, 0.5) is 17.6 Å². The molecule has 0 aliphatic rings. The predicted molar refractivity (Wildman–Crippen MR) is 107 cm³/mol. The van der Waals surface area contributed by atoms with Gasteiger partial charge in [0.25, 0.3) is 0 Å². The Morgan fingerprint density at radius 2 is 1.45 bits per heavy atom. The van der Waals surface area contributed by atoms with Gasteiger partial charge < -0.3 is 4.74 Å². The van der Waals surface area contributed by atoms with Gasteiger partial charge in [-0.3, -0.25) is 0 Å². The maximum absolute atomic E-state index is 13.9. The van der Waals surface area contributed by atoms with Gasteiger partial charge in [-0.2, -0.15) is 8.78 Å². The van der Waals surface area contributed by atoms with E-state index in [2.05, 4.69) is 23.8 Å². The zero-order chi connectivity index (χ0) is 20.9. The van der Waals surface area contributed by atoms with Crippen LogP contribution in [-0.4, -0.2) is 6.11 Å². The Bertz CT molecular complexity index is 977. The lowest BCUT2D eigenvalue weighted by Crippen LogP contribution is -2.21. The van der Waals surface area contributed by atoms with Gasteiger partial charge in [-0.05, 0) is 46.9 Å². The first-order valence-electron chi connectivity index (χ1n) is 9.27. The fraction of sp³-hybridized carbons (Fsp3) is 0.167. The number of ether oxygens (including phenoxy) is 1. The summed E-state index contributed by atoms with van der Waals surface area (Å²) < 4.78 is 58.4. The van der Waals surface area contributed by atoms with Crippen LogP contribution < -0.4 is 4.74 Å². The summed E-state index contributed by atoms with van der Waals surface area (Å²) in [6, 6.07) is 17.7. The molecule has 3 aromatic rings. The van der Waals surface area contributed by atoms with Crippen LogP contribution in [0.25, 0.3) is 17.2 Å². The molecule has 3 rings (SSSR count). The lowest BCUT2D eigenvalue weighted by molar-refractivity contribution is -0.131. The third kappa shape index (κ3) is 5.70. The molecule has 29 heavy (non-hydrogen) atoms. The van der Waals surface area contributed by atoms with E-state index >= 15 is 0 Å². The number of aryl methyl sites for hydroxylation is 1. The van der Waals surface area contributed by atoms with Gasteiger partial charge in [-0.1, -0.05) is 61.9 Å². The Labute approximate surface area is 167 Å². The topological polar surface area (TPSA) is 9.23 Å². The minimum absolute atomic E-state index is 0.458. The second kappa shape index (κ2) is 8.95. The van der Waals surface area contributed by atoms with Gasteiger partial charge in [0, 0.05) is 12.1 Å². The van der Waals surface area contributed by atoms with Gasteiger partial charge in [0.15, 0.2) is 11.6 Å². The summed E-state index contributed by atoms with van der Waals surface area (Å²) >= 11 is 0. The third-order valence-electron chi connectivity index (χ3n) is 4.35. The van der Waals surface area contributed by atoms with Crippen molar-refractivity contribution in [2.45, 2.75) is 25.9 Å². The Hall–Kier alpha value is -3.08. The van der Waals surface area contributed by atoms with Gasteiger partial charge in [0.2, 0.25) is 0 Å². The summed E-state index contributed by atoms with van der Waals surface area (Å²) in [6.07, 6.45) is 0.241. The van der Waals surface area contributed by atoms with Crippen molar-refractivity contribution in [1.29, 1.82) is 0 Å². The second-order valence-electron chi connectivity index (χ2n) is 6.64. The quantitative estimate of drug-likeness (QED) is 0.379. The second-order valence-corrected chi connectivity index (χ2v) is 6.64. The number of alkyl halides is 2. The van der Waals surface area contributed by atoms with Gasteiger partial charge in [-0.15, -0.1) is 0 Å². The summed E-state index contributed by atoms with van der Waals surface area (Å²) in [5, 5.41) is 0. The molecule has 0 saturated carbocycles. The third-order valence-corrected chi connectivity index (χ3v) is 4.35. The number of hydrogen-bond donors (Lipinski definition) is 0. The predicted octanol–water partition coefficient (Wildman–Crippen LogP) is 7.27. The smallest absolute Gasteiger partial charge is 0.419 e. The van der Waals surface area contributed by atoms with E-state index in [-0.39, 0.29) is 0 Å². The average Bonchev–Trinajstić information content (AvgIpc) is 2.70. The molecule has 0 saturated heterocycles. The Balaban J connectivity index is 1.67. The van der Waals surface area contributed by atoms with E-state index in [0.717, 1.165) is 36.1 Å². The monoisotopic (exact) mass is 400 g/mol. The van der Waals surface area contributed by atoms with Crippen molar-refractivity contribution in [3.8, 4) is 16.9 Å². The summed E-state index contributed by atoms with van der Waals surface area (Å²) in [5.74, 6) is -2.84. The molecule has 0 heterocycles. The van der Waals surface area contributed by atoms with Crippen LogP contribution in [0.1, 0.15) is 24.5 Å². The molecule has 0 unspecified atom stereocenters. The average molecular weight is 400 g/mol. The first kappa shape index (κ1) is 20.6. The first-order valence-corrected chi connectivity index (χ1v) is 9.27. The first-order chi connectivity index (χ1) is 13.9. The van der Waals surface area contributed by atoms with Crippen molar-refractivity contribution in [3.63, 3.8) is 0 Å². The molecule has 0 amide bonds. The number of rotatable bonds is 7. The molecular formula is C24H20F4O. The van der Waals surface area contributed by atoms with Crippen molar-refractivity contribution in [3.05, 3.63) is 95.6 Å². The highest BCUT2D eigenvalue weighted by Gasteiger charge is 2.28. The van der Waals surface area contributed by atoms with Crippen LogP contribution in [0.3, 0.4) is 0 Å². The molecule has 150 valence electrons. The standard InChI is InChI=1S/C24H20F4O/c1-2-3-17-4-8-19(9-5-17)20-10-6-18(7-11-20)14-15-24(27,28)29-21-12-13-22(25)23(26)16-21/h4-16H,2-3H2,1H3. The van der Waals surface area contributed by atoms with Crippen molar-refractivity contribution >= 4 is 6.08 Å². The Morgan fingerprint density at radius 3 is 2.03 bits per heavy atom. The lowest BCUT2D eigenvalue weighted by Gasteiger charge is -2.14. The molecule has 0 aromatic heterocycles. The van der Waals surface area contributed by atoms with Crippen LogP contribution in [0.5, 0.6) is 5.75 Å². The van der Waals surface area contributed by atoms with Crippen LogP contribution in [0.15, 0.2) is 72.8 Å². The van der Waals surface area contributed by atoms with E-state index in [9.17, 15) is 17.6 Å². The number of benzene rings is 3. The normalized spacial score (nSPS) is 11.8. The summed E-state index contributed by atoms with van der Waals surface area (Å²) in [4.78, 5) is 0. The number of halogens is 4. The molecule has 0 radical (unpaired) electrons. The van der Waals surface area contributed by atoms with Crippen molar-refractivity contribution in [2.24, 2.45) is 0 Å². The van der Waals surface area contributed by atoms with E-state index in [1.54, 1.807) is 12.1 Å². The van der Waals surface area contributed by atoms with E-state index in [0.29, 0.717) is 17.7 Å². The van der Waals surface area contributed by atoms with Crippen molar-refractivity contribution in [1.82, 2.24) is 0 Å². The van der Waals surface area contributed by atoms with Crippen LogP contribution in [0.2, 0.25) is 0 Å². The largest absolute Gasteiger partial charge is 0.429 e. The van der Waals surface area contributed by atoms with E-state index in [4.69, 9.17) is 0 Å². The molecule has 0 N–H and O–H groups in total. The molecule has 0 bridgehead atoms. The van der Waals surface area contributed by atoms with Crippen molar-refractivity contribution < 1.29 is 22.3 Å². The molecule has 0 aliphatic heterocycles. The SMILES string of the molecule is CCCc1ccc(-c2ccc(C=CC(F)(F)Oc3ccc(F)c(F)c3)cc2)cc1. The zero-order valence-corrected chi connectivity index (χ0v) is 15.8. The minimum atomic E-state index is -3.67. The fourth-order valence-corrected chi connectivity index (χ4v) is 2.86. The van der Waals surface area contributed by atoms with Gasteiger partial charge in [-0.25, -0.2) is 8.78 Å². The highest BCUT2D eigenvalue weighted by atomic mass is 19.3. The summed E-state index contributed by atoms with van der Waals surface area (Å²) in [6.45, 7) is 2.13. The highest BCUT2D eigenvalue weighted by molar-refractivity contribution is 5.66. The Kier molecular flexibility index (Phi) is 6.37. The summed E-state index contributed by atoms with van der Waals surface area (Å²) in [7, 11) is 0. The van der Waals surface area contributed by atoms with Crippen molar-refractivity contribution in [2.75, 3.05) is 0 Å². The zero-order valence-electron chi connectivity index (χ0n) is 15.8. The minimum Gasteiger partial charge on any atom is -0.429 e. The summed E-state index contributed by atoms with van der Waals surface area (Å²) in [5.41, 5.74) is 3.87. The molecular weight excluding hydrogens is 380 g/mol. The van der Waals surface area contributed by atoms with Gasteiger partial charge in [0.1, 0.15) is 5.75 Å². The van der Waals surface area contributed by atoms with Gasteiger partial charge in [0.05, 0.1) is 0 Å². The molecule has 0 spiro atoms. The maximum Gasteiger partial charge on any atom is 0.419 e. The molecule has 1 nitrogen and oxygen atoms in total. The van der Waals surface area contributed by atoms with E-state index in [1.807, 2.05) is 24.3 Å².